The summed E-state index contributed by atoms with van der Waals surface area (Å²) in [5.74, 6) is 0.942. The minimum atomic E-state index is 0.538. The highest BCUT2D eigenvalue weighted by molar-refractivity contribution is 7.10. The third kappa shape index (κ3) is 2.58. The fraction of sp³-hybridized carbons (Fsp3) is 0.667. The SMILES string of the molecule is CC(NCC1CCCC1)c1cccs1. The first-order chi connectivity index (χ1) is 6.86. The maximum absolute atomic E-state index is 3.64. The second-order valence-electron chi connectivity index (χ2n) is 4.30. The minimum absolute atomic E-state index is 0.538. The van der Waals surface area contributed by atoms with E-state index in [9.17, 15) is 0 Å². The summed E-state index contributed by atoms with van der Waals surface area (Å²) in [6, 6.07) is 4.89. The average Bonchev–Trinajstić information content (AvgIpc) is 2.87. The van der Waals surface area contributed by atoms with Crippen LogP contribution in [0.4, 0.5) is 0 Å². The molecule has 1 fully saturated rings. The van der Waals surface area contributed by atoms with Gasteiger partial charge in [0.1, 0.15) is 0 Å². The Hall–Kier alpha value is -0.340. The molecule has 1 aliphatic rings. The van der Waals surface area contributed by atoms with E-state index in [1.165, 1.54) is 37.1 Å². The van der Waals surface area contributed by atoms with Gasteiger partial charge in [-0.05, 0) is 43.7 Å². The van der Waals surface area contributed by atoms with Crippen molar-refractivity contribution in [2.45, 2.75) is 38.6 Å². The maximum atomic E-state index is 3.64. The summed E-state index contributed by atoms with van der Waals surface area (Å²) in [6.45, 7) is 3.47. The van der Waals surface area contributed by atoms with E-state index >= 15 is 0 Å². The molecular weight excluding hydrogens is 190 g/mol. The Balaban J connectivity index is 1.74. The van der Waals surface area contributed by atoms with Gasteiger partial charge in [-0.15, -0.1) is 11.3 Å². The van der Waals surface area contributed by atoms with Crippen molar-refractivity contribution in [2.24, 2.45) is 5.92 Å². The quantitative estimate of drug-likeness (QED) is 0.799. The number of nitrogens with one attached hydrogen (secondary N) is 1. The molecule has 0 aromatic carbocycles. The molecule has 1 aromatic heterocycles. The lowest BCUT2D eigenvalue weighted by Crippen LogP contribution is -2.23. The van der Waals surface area contributed by atoms with E-state index < -0.39 is 0 Å². The largest absolute Gasteiger partial charge is 0.309 e. The molecule has 1 N–H and O–H groups in total. The van der Waals surface area contributed by atoms with Gasteiger partial charge in [-0.1, -0.05) is 18.9 Å². The first-order valence-electron chi connectivity index (χ1n) is 5.63. The standard InChI is InChI=1S/C12H19NS/c1-10(12-7-4-8-14-12)13-9-11-5-2-3-6-11/h4,7-8,10-11,13H,2-3,5-6,9H2,1H3. The van der Waals surface area contributed by atoms with Crippen LogP contribution in [0.2, 0.25) is 0 Å². The summed E-state index contributed by atoms with van der Waals surface area (Å²) in [5.41, 5.74) is 0. The molecular formula is C12H19NS. The lowest BCUT2D eigenvalue weighted by atomic mass is 10.1. The molecule has 1 aliphatic carbocycles. The third-order valence-electron chi connectivity index (χ3n) is 3.16. The number of rotatable bonds is 4. The van der Waals surface area contributed by atoms with E-state index in [4.69, 9.17) is 0 Å². The number of hydrogen-bond acceptors (Lipinski definition) is 2. The summed E-state index contributed by atoms with van der Waals surface area (Å²) in [5, 5.41) is 5.79. The Kier molecular flexibility index (Phi) is 3.60. The van der Waals surface area contributed by atoms with E-state index in [0.29, 0.717) is 6.04 Å². The van der Waals surface area contributed by atoms with Crippen molar-refractivity contribution in [3.05, 3.63) is 22.4 Å². The molecule has 0 spiro atoms. The molecule has 1 unspecified atom stereocenters. The Labute approximate surface area is 90.5 Å². The van der Waals surface area contributed by atoms with E-state index in [1.807, 2.05) is 11.3 Å². The summed E-state index contributed by atoms with van der Waals surface area (Å²) in [7, 11) is 0. The molecule has 0 radical (unpaired) electrons. The van der Waals surface area contributed by atoms with Gasteiger partial charge in [0, 0.05) is 10.9 Å². The molecule has 1 heterocycles. The first-order valence-corrected chi connectivity index (χ1v) is 6.51. The highest BCUT2D eigenvalue weighted by Crippen LogP contribution is 2.25. The second kappa shape index (κ2) is 4.94. The smallest absolute Gasteiger partial charge is 0.0386 e. The van der Waals surface area contributed by atoms with E-state index in [2.05, 4.69) is 29.8 Å². The van der Waals surface area contributed by atoms with Crippen LogP contribution >= 0.6 is 11.3 Å². The molecule has 0 amide bonds. The van der Waals surface area contributed by atoms with Crippen LogP contribution in [0.15, 0.2) is 17.5 Å². The van der Waals surface area contributed by atoms with Crippen LogP contribution in [0.3, 0.4) is 0 Å². The van der Waals surface area contributed by atoms with E-state index in [0.717, 1.165) is 5.92 Å². The summed E-state index contributed by atoms with van der Waals surface area (Å²) in [4.78, 5) is 1.46. The van der Waals surface area contributed by atoms with E-state index in [1.54, 1.807) is 0 Å². The Morgan fingerprint density at radius 1 is 1.50 bits per heavy atom. The Bertz CT molecular complexity index is 249. The monoisotopic (exact) mass is 209 g/mol. The Morgan fingerprint density at radius 2 is 2.29 bits per heavy atom. The lowest BCUT2D eigenvalue weighted by molar-refractivity contribution is 0.455. The highest BCUT2D eigenvalue weighted by atomic mass is 32.1. The van der Waals surface area contributed by atoms with Crippen LogP contribution in [0.25, 0.3) is 0 Å². The van der Waals surface area contributed by atoms with Gasteiger partial charge >= 0.3 is 0 Å². The normalized spacial score (nSPS) is 20.1. The molecule has 1 aromatic rings. The van der Waals surface area contributed by atoms with Crippen LogP contribution in [-0.2, 0) is 0 Å². The summed E-state index contributed by atoms with van der Waals surface area (Å²) >= 11 is 1.85. The van der Waals surface area contributed by atoms with Crippen molar-refractivity contribution in [3.63, 3.8) is 0 Å². The number of hydrogen-bond donors (Lipinski definition) is 1. The molecule has 78 valence electrons. The van der Waals surface area contributed by atoms with Crippen LogP contribution in [0.1, 0.15) is 43.5 Å². The van der Waals surface area contributed by atoms with Gasteiger partial charge < -0.3 is 5.32 Å². The van der Waals surface area contributed by atoms with Gasteiger partial charge in [0.15, 0.2) is 0 Å². The fourth-order valence-electron chi connectivity index (χ4n) is 2.20. The Morgan fingerprint density at radius 3 is 2.93 bits per heavy atom. The zero-order chi connectivity index (χ0) is 9.80. The molecule has 14 heavy (non-hydrogen) atoms. The number of thiophene rings is 1. The van der Waals surface area contributed by atoms with Crippen molar-refractivity contribution in [1.29, 1.82) is 0 Å². The van der Waals surface area contributed by atoms with Crippen molar-refractivity contribution >= 4 is 11.3 Å². The van der Waals surface area contributed by atoms with E-state index in [-0.39, 0.29) is 0 Å². The van der Waals surface area contributed by atoms with Gasteiger partial charge in [0.25, 0.3) is 0 Å². The molecule has 1 atom stereocenters. The van der Waals surface area contributed by atoms with Crippen molar-refractivity contribution < 1.29 is 0 Å². The van der Waals surface area contributed by atoms with Crippen LogP contribution in [0.5, 0.6) is 0 Å². The zero-order valence-electron chi connectivity index (χ0n) is 8.83. The van der Waals surface area contributed by atoms with Gasteiger partial charge in [0.05, 0.1) is 0 Å². The zero-order valence-corrected chi connectivity index (χ0v) is 9.65. The van der Waals surface area contributed by atoms with Crippen LogP contribution < -0.4 is 5.32 Å². The maximum Gasteiger partial charge on any atom is 0.0386 e. The van der Waals surface area contributed by atoms with Gasteiger partial charge in [0.2, 0.25) is 0 Å². The molecule has 0 bridgehead atoms. The van der Waals surface area contributed by atoms with Crippen molar-refractivity contribution in [1.82, 2.24) is 5.32 Å². The third-order valence-corrected chi connectivity index (χ3v) is 4.21. The fourth-order valence-corrected chi connectivity index (χ4v) is 2.96. The highest BCUT2D eigenvalue weighted by Gasteiger charge is 2.15. The van der Waals surface area contributed by atoms with Gasteiger partial charge in [-0.3, -0.25) is 0 Å². The van der Waals surface area contributed by atoms with Crippen molar-refractivity contribution in [3.8, 4) is 0 Å². The second-order valence-corrected chi connectivity index (χ2v) is 5.28. The summed E-state index contributed by atoms with van der Waals surface area (Å²) in [6.07, 6.45) is 5.76. The lowest BCUT2D eigenvalue weighted by Gasteiger charge is -2.15. The van der Waals surface area contributed by atoms with Gasteiger partial charge in [-0.2, -0.15) is 0 Å². The predicted molar refractivity (Wildman–Crippen MR) is 62.7 cm³/mol. The average molecular weight is 209 g/mol. The van der Waals surface area contributed by atoms with Crippen LogP contribution in [0, 0.1) is 5.92 Å². The molecule has 2 heteroatoms. The van der Waals surface area contributed by atoms with Crippen molar-refractivity contribution in [2.75, 3.05) is 6.54 Å². The molecule has 1 nitrogen and oxygen atoms in total. The predicted octanol–water partition coefficient (Wildman–Crippen LogP) is 3.59. The topological polar surface area (TPSA) is 12.0 Å². The molecule has 0 saturated heterocycles. The first kappa shape index (κ1) is 10.2. The molecule has 2 rings (SSSR count). The van der Waals surface area contributed by atoms with Crippen LogP contribution in [-0.4, -0.2) is 6.54 Å². The molecule has 1 saturated carbocycles. The van der Waals surface area contributed by atoms with Gasteiger partial charge in [-0.25, -0.2) is 0 Å². The minimum Gasteiger partial charge on any atom is -0.309 e. The molecule has 0 aliphatic heterocycles. The summed E-state index contributed by atoms with van der Waals surface area (Å²) < 4.78 is 0.